The predicted octanol–water partition coefficient (Wildman–Crippen LogP) is -2.60. The topological polar surface area (TPSA) is 86.7 Å². The minimum absolute atomic E-state index is 0. The van der Waals surface area contributed by atoms with Crippen molar-refractivity contribution in [3.8, 4) is 0 Å². The molecule has 7 heteroatoms. The van der Waals surface area contributed by atoms with Crippen LogP contribution in [0.25, 0.3) is 0 Å². The Labute approximate surface area is 93.3 Å². The average Bonchev–Trinajstić information content (AvgIpc) is 1.88. The molecule has 0 aromatic carbocycles. The van der Waals surface area contributed by atoms with Gasteiger partial charge in [0.05, 0.1) is 0 Å². The van der Waals surface area contributed by atoms with E-state index in [0.717, 1.165) is 9.80 Å². The Kier molecular flexibility index (Phi) is 13.1. The van der Waals surface area contributed by atoms with Crippen molar-refractivity contribution in [2.75, 3.05) is 28.2 Å². The number of hydrogen-bond donors (Lipinski definition) is 0. The third-order valence-corrected chi connectivity index (χ3v) is 0.730. The van der Waals surface area contributed by atoms with E-state index in [4.69, 9.17) is 0 Å². The van der Waals surface area contributed by atoms with Crippen LogP contribution < -0.4 is 10.2 Å². The number of hydrogen-bond acceptors (Lipinski definition) is 4. The Morgan fingerprint density at radius 1 is 0.846 bits per heavy atom. The van der Waals surface area contributed by atoms with Crippen molar-refractivity contribution < 1.29 is 19.8 Å². The van der Waals surface area contributed by atoms with Crippen molar-refractivity contribution in [1.82, 2.24) is 9.80 Å². The van der Waals surface area contributed by atoms with Crippen LogP contribution >= 0.6 is 0 Å². The average molecular weight is 200 g/mol. The molecule has 6 nitrogen and oxygen atoms in total. The smallest absolute Gasteiger partial charge is 0.530 e. The van der Waals surface area contributed by atoms with Crippen LogP contribution in [-0.4, -0.2) is 73.2 Å². The summed E-state index contributed by atoms with van der Waals surface area (Å²) in [7, 11) is 5.65. The molecule has 72 valence electrons. The molecule has 13 heavy (non-hydrogen) atoms. The summed E-state index contributed by atoms with van der Waals surface area (Å²) in [5.41, 5.74) is 0. The van der Waals surface area contributed by atoms with Crippen molar-refractivity contribution in [1.29, 1.82) is 0 Å². The number of amides is 2. The first-order valence-electron chi connectivity index (χ1n) is 3.05. The van der Waals surface area contributed by atoms with Crippen LogP contribution in [0.15, 0.2) is 0 Å². The van der Waals surface area contributed by atoms with Gasteiger partial charge in [-0.05, 0) is 0 Å². The molecule has 0 saturated carbocycles. The summed E-state index contributed by atoms with van der Waals surface area (Å²) in [6.07, 6.45) is -2.31. The molecule has 0 aliphatic rings. The summed E-state index contributed by atoms with van der Waals surface area (Å²) in [4.78, 5) is 21.0. The zero-order chi connectivity index (χ0) is 10.3. The third-order valence-electron chi connectivity index (χ3n) is 0.730. The van der Waals surface area contributed by atoms with Crippen molar-refractivity contribution in [3.05, 3.63) is 0 Å². The fourth-order valence-electron chi connectivity index (χ4n) is 0. The molecular weight excluding hydrogens is 188 g/mol. The molecular formula is C6H12MgN2O4. The summed E-state index contributed by atoms with van der Waals surface area (Å²) < 4.78 is 0. The van der Waals surface area contributed by atoms with Crippen molar-refractivity contribution in [2.45, 2.75) is 0 Å². The van der Waals surface area contributed by atoms with Gasteiger partial charge in [-0.1, -0.05) is 0 Å². The fraction of sp³-hybridized carbons (Fsp3) is 0.667. The molecule has 0 N–H and O–H groups in total. The summed E-state index contributed by atoms with van der Waals surface area (Å²) >= 11 is 0. The van der Waals surface area contributed by atoms with Crippen LogP contribution in [0, 0.1) is 0 Å². The van der Waals surface area contributed by atoms with E-state index < -0.39 is 12.2 Å². The molecule has 0 heterocycles. The predicted molar refractivity (Wildman–Crippen MR) is 43.9 cm³/mol. The maximum atomic E-state index is 9.51. The molecule has 0 spiro atoms. The first-order valence-corrected chi connectivity index (χ1v) is 3.05. The van der Waals surface area contributed by atoms with Gasteiger partial charge in [-0.2, -0.15) is 0 Å². The van der Waals surface area contributed by atoms with Crippen molar-refractivity contribution in [3.63, 3.8) is 0 Å². The monoisotopic (exact) mass is 200 g/mol. The maximum absolute atomic E-state index is 9.51. The van der Waals surface area contributed by atoms with Crippen LogP contribution in [0.4, 0.5) is 9.59 Å². The number of carbonyl (C=O) groups is 2. The largest absolute Gasteiger partial charge is 2.00 e. The van der Waals surface area contributed by atoms with Gasteiger partial charge < -0.3 is 29.6 Å². The number of nitrogens with zero attached hydrogens (tertiary/aromatic N) is 2. The summed E-state index contributed by atoms with van der Waals surface area (Å²) in [5, 5.41) is 19.0. The minimum atomic E-state index is -1.16. The van der Waals surface area contributed by atoms with Crippen LogP contribution in [0.5, 0.6) is 0 Å². The normalized spacial score (nSPS) is 7.08. The fourth-order valence-corrected chi connectivity index (χ4v) is 0. The minimum Gasteiger partial charge on any atom is -0.530 e. The van der Waals surface area contributed by atoms with Gasteiger partial charge in [-0.25, -0.2) is 0 Å². The van der Waals surface area contributed by atoms with E-state index in [9.17, 15) is 19.8 Å². The molecule has 0 rings (SSSR count). The molecule has 0 aromatic heterocycles. The van der Waals surface area contributed by atoms with Gasteiger partial charge in [0.25, 0.3) is 0 Å². The molecule has 0 aliphatic heterocycles. The molecule has 0 bridgehead atoms. The summed E-state index contributed by atoms with van der Waals surface area (Å²) in [6.45, 7) is 0. The SMILES string of the molecule is CN(C)C(=O)[O-].CN(C)C(=O)[O-].[Mg+2]. The number of rotatable bonds is 0. The molecule has 0 aliphatic carbocycles. The molecule has 2 amide bonds. The van der Waals surface area contributed by atoms with Crippen LogP contribution in [0.3, 0.4) is 0 Å². The zero-order valence-corrected chi connectivity index (χ0v) is 9.65. The van der Waals surface area contributed by atoms with Gasteiger partial charge in [0.1, 0.15) is 12.2 Å². The van der Waals surface area contributed by atoms with Crippen LogP contribution in [0.1, 0.15) is 0 Å². The van der Waals surface area contributed by atoms with Gasteiger partial charge in [-0.15, -0.1) is 0 Å². The standard InChI is InChI=1S/2C3H7NO2.Mg/c2*1-4(2)3(5)6;/h2*1-2H3,(H,5,6);/q;;+2/p-2. The quantitative estimate of drug-likeness (QED) is 0.401. The van der Waals surface area contributed by atoms with Crippen LogP contribution in [-0.2, 0) is 0 Å². The first kappa shape index (κ1) is 18.2. The van der Waals surface area contributed by atoms with Gasteiger partial charge in [0.15, 0.2) is 0 Å². The van der Waals surface area contributed by atoms with Gasteiger partial charge in [-0.3, -0.25) is 0 Å². The molecule has 0 fully saturated rings. The molecule has 0 atom stereocenters. The molecule has 0 unspecified atom stereocenters. The van der Waals surface area contributed by atoms with E-state index in [0.29, 0.717) is 0 Å². The van der Waals surface area contributed by atoms with E-state index >= 15 is 0 Å². The third kappa shape index (κ3) is 18.3. The van der Waals surface area contributed by atoms with Crippen LogP contribution in [0.2, 0.25) is 0 Å². The van der Waals surface area contributed by atoms with Crippen molar-refractivity contribution >= 4 is 35.2 Å². The first-order chi connectivity index (χ1) is 5.29. The van der Waals surface area contributed by atoms with E-state index in [2.05, 4.69) is 0 Å². The Balaban J connectivity index is -0.000000143. The van der Waals surface area contributed by atoms with E-state index in [1.165, 1.54) is 28.2 Å². The van der Waals surface area contributed by atoms with E-state index in [1.54, 1.807) is 0 Å². The van der Waals surface area contributed by atoms with E-state index in [-0.39, 0.29) is 23.1 Å². The Morgan fingerprint density at radius 2 is 0.923 bits per heavy atom. The second kappa shape index (κ2) is 9.39. The number of carboxylic acid groups (broad SMARTS) is 2. The molecule has 0 radical (unpaired) electrons. The molecule has 0 aromatic rings. The van der Waals surface area contributed by atoms with Gasteiger partial charge >= 0.3 is 23.1 Å². The molecule has 0 saturated heterocycles. The number of carbonyl (C=O) groups excluding carboxylic acids is 2. The maximum Gasteiger partial charge on any atom is 2.00 e. The summed E-state index contributed by atoms with van der Waals surface area (Å²) in [6, 6.07) is 0. The van der Waals surface area contributed by atoms with Gasteiger partial charge in [0.2, 0.25) is 0 Å². The van der Waals surface area contributed by atoms with E-state index in [1.807, 2.05) is 0 Å². The Hall–Kier alpha value is -0.694. The Bertz CT molecular complexity index is 143. The van der Waals surface area contributed by atoms with Gasteiger partial charge in [0, 0.05) is 28.2 Å². The zero-order valence-electron chi connectivity index (χ0n) is 8.23. The summed E-state index contributed by atoms with van der Waals surface area (Å²) in [5.74, 6) is 0. The van der Waals surface area contributed by atoms with Crippen molar-refractivity contribution in [2.24, 2.45) is 0 Å². The Morgan fingerprint density at radius 3 is 0.923 bits per heavy atom. The second-order valence-electron chi connectivity index (χ2n) is 2.32. The second-order valence-corrected chi connectivity index (χ2v) is 2.32.